The molecule has 0 unspecified atom stereocenters. The van der Waals surface area contributed by atoms with E-state index in [0.29, 0.717) is 0 Å². The van der Waals surface area contributed by atoms with Crippen molar-refractivity contribution >= 4 is 0 Å². The van der Waals surface area contributed by atoms with Gasteiger partial charge in [0, 0.05) is 17.3 Å². The number of hydrogen-bond acceptors (Lipinski definition) is 1. The van der Waals surface area contributed by atoms with Crippen molar-refractivity contribution in [3.63, 3.8) is 0 Å². The van der Waals surface area contributed by atoms with Crippen molar-refractivity contribution in [1.29, 1.82) is 0 Å². The molecule has 1 aromatic heterocycles. The van der Waals surface area contributed by atoms with E-state index in [1.807, 2.05) is 0 Å². The first-order valence-corrected chi connectivity index (χ1v) is 10.4. The quantitative estimate of drug-likeness (QED) is 0.382. The Kier molecular flexibility index (Phi) is 6.81. The first-order valence-electron chi connectivity index (χ1n) is 10.4. The highest BCUT2D eigenvalue weighted by Crippen LogP contribution is 2.32. The van der Waals surface area contributed by atoms with Crippen molar-refractivity contribution in [2.24, 2.45) is 0 Å². The van der Waals surface area contributed by atoms with E-state index in [-0.39, 0.29) is 0 Å². The maximum absolute atomic E-state index is 4.90. The maximum Gasteiger partial charge on any atom is 0.0780 e. The third-order valence-electron chi connectivity index (χ3n) is 5.26. The van der Waals surface area contributed by atoms with E-state index < -0.39 is 0 Å². The Morgan fingerprint density at radius 3 is 2.11 bits per heavy atom. The van der Waals surface area contributed by atoms with Crippen LogP contribution in [0.3, 0.4) is 0 Å². The third-order valence-corrected chi connectivity index (χ3v) is 5.26. The van der Waals surface area contributed by atoms with Crippen LogP contribution in [0.1, 0.15) is 56.2 Å². The van der Waals surface area contributed by atoms with Crippen LogP contribution in [0.5, 0.6) is 0 Å². The first kappa shape index (κ1) is 19.4. The molecule has 0 aliphatic heterocycles. The Hall–Kier alpha value is -2.41. The summed E-state index contributed by atoms with van der Waals surface area (Å²) in [5.41, 5.74) is 8.76. The van der Waals surface area contributed by atoms with Crippen LogP contribution < -0.4 is 0 Å². The molecule has 0 atom stereocenters. The van der Waals surface area contributed by atoms with Crippen LogP contribution in [0.4, 0.5) is 0 Å². The van der Waals surface area contributed by atoms with Crippen LogP contribution in [0.25, 0.3) is 22.4 Å². The molecular weight excluding hydrogens is 326 g/mol. The monoisotopic (exact) mass is 357 g/mol. The Balaban J connectivity index is 1.96. The number of benzene rings is 2. The van der Waals surface area contributed by atoms with Gasteiger partial charge in [0.25, 0.3) is 0 Å². The number of nitrogens with zero attached hydrogens (tertiary/aromatic N) is 1. The Bertz CT molecular complexity index is 844. The highest BCUT2D eigenvalue weighted by molar-refractivity contribution is 5.81. The van der Waals surface area contributed by atoms with Gasteiger partial charge in [0.15, 0.2) is 0 Å². The minimum absolute atomic E-state index is 1.06. The summed E-state index contributed by atoms with van der Waals surface area (Å²) in [6, 6.07) is 20.0. The molecule has 0 fully saturated rings. The summed E-state index contributed by atoms with van der Waals surface area (Å²) >= 11 is 0. The lowest BCUT2D eigenvalue weighted by atomic mass is 9.95. The predicted octanol–water partition coefficient (Wildman–Crippen LogP) is 7.41. The van der Waals surface area contributed by atoms with Crippen LogP contribution in [0.2, 0.25) is 0 Å². The van der Waals surface area contributed by atoms with Crippen LogP contribution in [-0.2, 0) is 12.8 Å². The minimum Gasteiger partial charge on any atom is -0.255 e. The van der Waals surface area contributed by atoms with E-state index in [4.69, 9.17) is 4.98 Å². The molecule has 1 heteroatoms. The zero-order chi connectivity index (χ0) is 19.1. The van der Waals surface area contributed by atoms with Gasteiger partial charge in [-0.1, -0.05) is 87.2 Å². The van der Waals surface area contributed by atoms with Crippen molar-refractivity contribution in [3.8, 4) is 22.4 Å². The number of rotatable bonds is 8. The lowest BCUT2D eigenvalue weighted by Gasteiger charge is -2.13. The van der Waals surface area contributed by atoms with Crippen LogP contribution in [-0.4, -0.2) is 4.98 Å². The second-order valence-electron chi connectivity index (χ2n) is 7.47. The van der Waals surface area contributed by atoms with Gasteiger partial charge in [-0.05, 0) is 48.9 Å². The molecule has 2 aromatic carbocycles. The lowest BCUT2D eigenvalue weighted by molar-refractivity contribution is 0.666. The fourth-order valence-corrected chi connectivity index (χ4v) is 3.48. The average molecular weight is 358 g/mol. The van der Waals surface area contributed by atoms with E-state index >= 15 is 0 Å². The Labute approximate surface area is 164 Å². The van der Waals surface area contributed by atoms with Gasteiger partial charge in [0.1, 0.15) is 0 Å². The second-order valence-corrected chi connectivity index (χ2v) is 7.47. The molecule has 3 aromatic rings. The molecule has 0 saturated carbocycles. The van der Waals surface area contributed by atoms with Gasteiger partial charge in [0.05, 0.1) is 5.69 Å². The van der Waals surface area contributed by atoms with Gasteiger partial charge in [-0.3, -0.25) is 4.98 Å². The smallest absolute Gasteiger partial charge is 0.0780 e. The summed E-state index contributed by atoms with van der Waals surface area (Å²) in [6.45, 7) is 6.59. The normalized spacial score (nSPS) is 10.9. The van der Waals surface area contributed by atoms with Gasteiger partial charge in [0.2, 0.25) is 0 Å². The molecular formula is C26H31N. The fourth-order valence-electron chi connectivity index (χ4n) is 3.48. The summed E-state index contributed by atoms with van der Waals surface area (Å²) < 4.78 is 0. The highest BCUT2D eigenvalue weighted by Gasteiger charge is 2.11. The van der Waals surface area contributed by atoms with Gasteiger partial charge >= 0.3 is 0 Å². The summed E-state index contributed by atoms with van der Waals surface area (Å²) in [7, 11) is 0. The number of hydrogen-bond donors (Lipinski definition) is 0. The fraction of sp³-hybridized carbons (Fsp3) is 0.346. The molecule has 1 nitrogen and oxygen atoms in total. The minimum atomic E-state index is 1.06. The second kappa shape index (κ2) is 9.50. The standard InChI is InChI=1S/C26H31N/c1-4-6-7-8-9-22-18-25(23-14-10-20(3)11-15-23)26(27-19-22)24-16-12-21(5-2)13-17-24/h10-19H,4-9H2,1-3H3. The topological polar surface area (TPSA) is 12.9 Å². The molecule has 0 saturated heterocycles. The van der Waals surface area contributed by atoms with E-state index in [9.17, 15) is 0 Å². The van der Waals surface area contributed by atoms with E-state index in [1.54, 1.807) is 0 Å². The lowest BCUT2D eigenvalue weighted by Crippen LogP contribution is -1.95. The summed E-state index contributed by atoms with van der Waals surface area (Å²) in [5, 5.41) is 0. The molecule has 140 valence electrons. The summed E-state index contributed by atoms with van der Waals surface area (Å²) in [6.07, 6.45) is 9.40. The molecule has 27 heavy (non-hydrogen) atoms. The first-order chi connectivity index (χ1) is 13.2. The average Bonchev–Trinajstić information content (AvgIpc) is 2.72. The largest absolute Gasteiger partial charge is 0.255 e. The van der Waals surface area contributed by atoms with Gasteiger partial charge < -0.3 is 0 Å². The summed E-state index contributed by atoms with van der Waals surface area (Å²) in [5.74, 6) is 0. The molecule has 1 heterocycles. The molecule has 0 aliphatic carbocycles. The third kappa shape index (κ3) is 5.07. The Morgan fingerprint density at radius 2 is 1.44 bits per heavy atom. The van der Waals surface area contributed by atoms with Crippen molar-refractivity contribution in [2.75, 3.05) is 0 Å². The highest BCUT2D eigenvalue weighted by atomic mass is 14.7. The Morgan fingerprint density at radius 1 is 0.741 bits per heavy atom. The van der Waals surface area contributed by atoms with Gasteiger partial charge in [-0.25, -0.2) is 0 Å². The molecule has 0 radical (unpaired) electrons. The molecule has 3 rings (SSSR count). The van der Waals surface area contributed by atoms with E-state index in [0.717, 1.165) is 18.5 Å². The zero-order valence-corrected chi connectivity index (χ0v) is 17.0. The van der Waals surface area contributed by atoms with Crippen molar-refractivity contribution in [2.45, 2.75) is 59.3 Å². The van der Waals surface area contributed by atoms with E-state index in [2.05, 4.69) is 81.6 Å². The van der Waals surface area contributed by atoms with Crippen LogP contribution >= 0.6 is 0 Å². The van der Waals surface area contributed by atoms with E-state index in [1.165, 1.54) is 59.1 Å². The van der Waals surface area contributed by atoms with Crippen molar-refractivity contribution < 1.29 is 0 Å². The molecule has 0 bridgehead atoms. The molecule has 0 spiro atoms. The maximum atomic E-state index is 4.90. The number of aryl methyl sites for hydroxylation is 3. The summed E-state index contributed by atoms with van der Waals surface area (Å²) in [4.78, 5) is 4.90. The van der Waals surface area contributed by atoms with Crippen LogP contribution in [0.15, 0.2) is 60.8 Å². The van der Waals surface area contributed by atoms with Gasteiger partial charge in [-0.2, -0.15) is 0 Å². The predicted molar refractivity (Wildman–Crippen MR) is 117 cm³/mol. The van der Waals surface area contributed by atoms with Crippen LogP contribution in [0, 0.1) is 6.92 Å². The molecule has 0 N–H and O–H groups in total. The van der Waals surface area contributed by atoms with Crippen molar-refractivity contribution in [1.82, 2.24) is 4.98 Å². The molecule has 0 aliphatic rings. The SMILES string of the molecule is CCCCCCc1cnc(-c2ccc(CC)cc2)c(-c2ccc(C)cc2)c1. The van der Waals surface area contributed by atoms with Crippen molar-refractivity contribution in [3.05, 3.63) is 77.5 Å². The molecule has 0 amide bonds. The number of pyridine rings is 1. The zero-order valence-electron chi connectivity index (χ0n) is 17.0. The van der Waals surface area contributed by atoms with Gasteiger partial charge in [-0.15, -0.1) is 0 Å². The number of unbranched alkanes of at least 4 members (excludes halogenated alkanes) is 3. The number of aromatic nitrogens is 1.